The van der Waals surface area contributed by atoms with Crippen molar-refractivity contribution in [1.29, 1.82) is 0 Å². The van der Waals surface area contributed by atoms with Crippen molar-refractivity contribution in [3.63, 3.8) is 0 Å². The average molecular weight is 432 g/mol. The largest absolute Gasteiger partial charge is 0.486 e. The minimum Gasteiger partial charge on any atom is -0.486 e. The van der Waals surface area contributed by atoms with Crippen molar-refractivity contribution in [2.24, 2.45) is 0 Å². The van der Waals surface area contributed by atoms with E-state index < -0.39 is 0 Å². The van der Waals surface area contributed by atoms with Gasteiger partial charge >= 0.3 is 6.03 Å². The predicted octanol–water partition coefficient (Wildman–Crippen LogP) is 3.00. The first kappa shape index (κ1) is 21.8. The molecule has 0 unspecified atom stereocenters. The van der Waals surface area contributed by atoms with Crippen LogP contribution in [0.3, 0.4) is 0 Å². The monoisotopic (exact) mass is 431 g/mol. The summed E-state index contributed by atoms with van der Waals surface area (Å²) in [6.07, 6.45) is 0.834. The van der Waals surface area contributed by atoms with Crippen LogP contribution >= 0.6 is 11.6 Å². The second-order valence-electron chi connectivity index (χ2n) is 7.03. The van der Waals surface area contributed by atoms with Crippen molar-refractivity contribution in [3.05, 3.63) is 58.6 Å². The van der Waals surface area contributed by atoms with E-state index in [2.05, 4.69) is 10.6 Å². The molecule has 2 aromatic rings. The lowest BCUT2D eigenvalue weighted by atomic mass is 10.1. The molecule has 0 saturated heterocycles. The van der Waals surface area contributed by atoms with Crippen molar-refractivity contribution in [2.45, 2.75) is 19.4 Å². The molecule has 0 aromatic heterocycles. The van der Waals surface area contributed by atoms with Gasteiger partial charge in [0.25, 0.3) is 0 Å². The van der Waals surface area contributed by atoms with Crippen LogP contribution in [0.25, 0.3) is 0 Å². The molecule has 0 fully saturated rings. The smallest absolute Gasteiger partial charge is 0.317 e. The third kappa shape index (κ3) is 6.29. The fourth-order valence-electron chi connectivity index (χ4n) is 3.09. The van der Waals surface area contributed by atoms with Gasteiger partial charge in [-0.15, -0.1) is 0 Å². The molecule has 7 nitrogen and oxygen atoms in total. The van der Waals surface area contributed by atoms with E-state index in [4.69, 9.17) is 21.1 Å². The van der Waals surface area contributed by atoms with Crippen molar-refractivity contribution in [2.75, 3.05) is 33.4 Å². The Morgan fingerprint density at radius 1 is 1.03 bits per heavy atom. The summed E-state index contributed by atoms with van der Waals surface area (Å²) in [7, 11) is 1.72. The first-order valence-electron chi connectivity index (χ1n) is 9.90. The number of halogens is 1. The van der Waals surface area contributed by atoms with E-state index >= 15 is 0 Å². The number of hydrogen-bond donors (Lipinski definition) is 2. The molecule has 0 saturated carbocycles. The SMILES string of the molecule is CN(Cc1ccccc1)C(=O)NCCC(=O)NCCc1cc(Cl)c2c(c1)OCCO2. The lowest BCUT2D eigenvalue weighted by molar-refractivity contribution is -0.120. The van der Waals surface area contributed by atoms with E-state index in [9.17, 15) is 9.59 Å². The van der Waals surface area contributed by atoms with Gasteiger partial charge in [0.1, 0.15) is 13.2 Å². The van der Waals surface area contributed by atoms with Gasteiger partial charge in [-0.2, -0.15) is 0 Å². The Labute approximate surface area is 181 Å². The quantitative estimate of drug-likeness (QED) is 0.673. The lowest BCUT2D eigenvalue weighted by Crippen LogP contribution is -2.39. The molecule has 30 heavy (non-hydrogen) atoms. The van der Waals surface area contributed by atoms with Gasteiger partial charge in [0.2, 0.25) is 5.91 Å². The molecule has 2 N–H and O–H groups in total. The second-order valence-corrected chi connectivity index (χ2v) is 7.43. The number of rotatable bonds is 8. The zero-order valence-electron chi connectivity index (χ0n) is 16.9. The molecule has 0 spiro atoms. The first-order valence-corrected chi connectivity index (χ1v) is 10.3. The summed E-state index contributed by atoms with van der Waals surface area (Å²) in [6, 6.07) is 13.2. The standard InChI is InChI=1S/C22H26ClN3O4/c1-26(15-16-5-3-2-4-6-16)22(28)25-10-8-20(27)24-9-7-17-13-18(23)21-19(14-17)29-11-12-30-21/h2-6,13-14H,7-12,15H2,1H3,(H,24,27)(H,25,28). The summed E-state index contributed by atoms with van der Waals surface area (Å²) < 4.78 is 11.1. The number of carbonyl (C=O) groups is 2. The third-order valence-electron chi connectivity index (χ3n) is 4.63. The molecule has 1 heterocycles. The van der Waals surface area contributed by atoms with Crippen molar-refractivity contribution in [3.8, 4) is 11.5 Å². The molecule has 0 bridgehead atoms. The number of amides is 3. The Balaban J connectivity index is 1.34. The van der Waals surface area contributed by atoms with Gasteiger partial charge in [-0.05, 0) is 29.7 Å². The molecule has 1 aliphatic heterocycles. The highest BCUT2D eigenvalue weighted by Crippen LogP contribution is 2.38. The van der Waals surface area contributed by atoms with Gasteiger partial charge in [0.15, 0.2) is 11.5 Å². The number of nitrogens with zero attached hydrogens (tertiary/aromatic N) is 1. The molecule has 3 rings (SSSR count). The zero-order valence-corrected chi connectivity index (χ0v) is 17.7. The number of ether oxygens (including phenoxy) is 2. The Kier molecular flexibility index (Phi) is 7.79. The Bertz CT molecular complexity index is 876. The van der Waals surface area contributed by atoms with Crippen LogP contribution in [-0.2, 0) is 17.8 Å². The topological polar surface area (TPSA) is 79.9 Å². The molecule has 2 aromatic carbocycles. The maximum atomic E-state index is 12.1. The van der Waals surface area contributed by atoms with Crippen molar-refractivity contribution in [1.82, 2.24) is 15.5 Å². The Morgan fingerprint density at radius 3 is 2.60 bits per heavy atom. The van der Waals surface area contributed by atoms with E-state index in [1.165, 1.54) is 0 Å². The van der Waals surface area contributed by atoms with Crippen molar-refractivity contribution < 1.29 is 19.1 Å². The highest BCUT2D eigenvalue weighted by Gasteiger charge is 2.16. The molecular weight excluding hydrogens is 406 g/mol. The molecule has 1 aliphatic rings. The molecular formula is C22H26ClN3O4. The van der Waals surface area contributed by atoms with Crippen LogP contribution < -0.4 is 20.1 Å². The lowest BCUT2D eigenvalue weighted by Gasteiger charge is -2.20. The predicted molar refractivity (Wildman–Crippen MR) is 115 cm³/mol. The summed E-state index contributed by atoms with van der Waals surface area (Å²) in [6.45, 7) is 2.24. The molecule has 8 heteroatoms. The van der Waals surface area contributed by atoms with E-state index in [-0.39, 0.29) is 24.9 Å². The number of hydrogen-bond acceptors (Lipinski definition) is 4. The third-order valence-corrected chi connectivity index (χ3v) is 4.91. The number of benzene rings is 2. The number of nitrogens with one attached hydrogen (secondary N) is 2. The second kappa shape index (κ2) is 10.7. The maximum absolute atomic E-state index is 12.1. The molecule has 0 atom stereocenters. The van der Waals surface area contributed by atoms with Crippen molar-refractivity contribution >= 4 is 23.5 Å². The van der Waals surface area contributed by atoms with Gasteiger partial charge in [0.05, 0.1) is 5.02 Å². The highest BCUT2D eigenvalue weighted by molar-refractivity contribution is 6.32. The summed E-state index contributed by atoms with van der Waals surface area (Å²) in [4.78, 5) is 25.7. The molecule has 0 radical (unpaired) electrons. The maximum Gasteiger partial charge on any atom is 0.317 e. The molecule has 0 aliphatic carbocycles. The zero-order chi connectivity index (χ0) is 21.3. The van der Waals surface area contributed by atoms with Gasteiger partial charge in [-0.25, -0.2) is 4.79 Å². The van der Waals surface area contributed by atoms with Crippen LogP contribution in [-0.4, -0.2) is 50.2 Å². The van der Waals surface area contributed by atoms with Crippen LogP contribution in [0.1, 0.15) is 17.5 Å². The Hall–Kier alpha value is -2.93. The van der Waals surface area contributed by atoms with Crippen LogP contribution in [0.5, 0.6) is 11.5 Å². The average Bonchev–Trinajstić information content (AvgIpc) is 2.74. The van der Waals surface area contributed by atoms with Gasteiger partial charge in [0, 0.05) is 33.1 Å². The minimum absolute atomic E-state index is 0.121. The number of fused-ring (bicyclic) bond motifs is 1. The molecule has 160 valence electrons. The van der Waals surface area contributed by atoms with E-state index in [1.54, 1.807) is 11.9 Å². The van der Waals surface area contributed by atoms with Crippen LogP contribution in [0, 0.1) is 0 Å². The van der Waals surface area contributed by atoms with E-state index in [1.807, 2.05) is 42.5 Å². The molecule has 3 amide bonds. The normalized spacial score (nSPS) is 12.2. The van der Waals surface area contributed by atoms with Gasteiger partial charge < -0.3 is 25.0 Å². The van der Waals surface area contributed by atoms with E-state index in [0.29, 0.717) is 49.2 Å². The van der Waals surface area contributed by atoms with Gasteiger partial charge in [-0.3, -0.25) is 4.79 Å². The first-order chi connectivity index (χ1) is 14.5. The summed E-state index contributed by atoms with van der Waals surface area (Å²) in [5.41, 5.74) is 2.01. The van der Waals surface area contributed by atoms with Crippen LogP contribution in [0.4, 0.5) is 4.79 Å². The summed E-state index contributed by atoms with van der Waals surface area (Å²) in [5.74, 6) is 1.09. The van der Waals surface area contributed by atoms with Gasteiger partial charge in [-0.1, -0.05) is 41.9 Å². The Morgan fingerprint density at radius 2 is 1.80 bits per heavy atom. The summed E-state index contributed by atoms with van der Waals surface area (Å²) >= 11 is 6.23. The van der Waals surface area contributed by atoms with E-state index in [0.717, 1.165) is 11.1 Å². The fourth-order valence-corrected chi connectivity index (χ4v) is 3.38. The van der Waals surface area contributed by atoms with Crippen LogP contribution in [0.15, 0.2) is 42.5 Å². The number of urea groups is 1. The number of carbonyl (C=O) groups excluding carboxylic acids is 2. The minimum atomic E-state index is -0.211. The summed E-state index contributed by atoms with van der Waals surface area (Å²) in [5, 5.41) is 6.13. The highest BCUT2D eigenvalue weighted by atomic mass is 35.5. The fraction of sp³-hybridized carbons (Fsp3) is 0.364. The van der Waals surface area contributed by atoms with Crippen LogP contribution in [0.2, 0.25) is 5.02 Å².